The van der Waals surface area contributed by atoms with Crippen molar-refractivity contribution in [3.05, 3.63) is 0 Å². The first-order chi connectivity index (χ1) is 7.65. The second kappa shape index (κ2) is 6.89. The summed E-state index contributed by atoms with van der Waals surface area (Å²) in [6.45, 7) is 5.30. The van der Waals surface area contributed by atoms with Gasteiger partial charge in [0.15, 0.2) is 0 Å². The molecule has 0 aromatic rings. The van der Waals surface area contributed by atoms with E-state index in [0.29, 0.717) is 24.3 Å². The Kier molecular flexibility index (Phi) is 5.81. The van der Waals surface area contributed by atoms with E-state index in [1.807, 2.05) is 7.05 Å². The highest BCUT2D eigenvalue weighted by Gasteiger charge is 2.28. The fourth-order valence-corrected chi connectivity index (χ4v) is 2.65. The van der Waals surface area contributed by atoms with Crippen molar-refractivity contribution in [2.75, 3.05) is 13.6 Å². The van der Waals surface area contributed by atoms with E-state index in [1.165, 1.54) is 19.3 Å². The number of carbonyl (C=O) groups is 1. The van der Waals surface area contributed by atoms with Crippen molar-refractivity contribution in [2.24, 2.45) is 11.8 Å². The molecule has 16 heavy (non-hydrogen) atoms. The predicted molar refractivity (Wildman–Crippen MR) is 67.3 cm³/mol. The molecule has 1 fully saturated rings. The zero-order valence-corrected chi connectivity index (χ0v) is 10.9. The van der Waals surface area contributed by atoms with Crippen LogP contribution in [0.1, 0.15) is 46.0 Å². The van der Waals surface area contributed by atoms with Crippen molar-refractivity contribution in [1.29, 1.82) is 0 Å². The monoisotopic (exact) mass is 226 g/mol. The van der Waals surface area contributed by atoms with Crippen LogP contribution in [-0.2, 0) is 4.79 Å². The molecule has 1 amide bonds. The summed E-state index contributed by atoms with van der Waals surface area (Å²) in [5.41, 5.74) is 0. The second-order valence-corrected chi connectivity index (χ2v) is 5.22. The first-order valence-corrected chi connectivity index (χ1v) is 6.59. The highest BCUT2D eigenvalue weighted by atomic mass is 16.1. The molecule has 1 rings (SSSR count). The predicted octanol–water partition coefficient (Wildman–Crippen LogP) is 1.93. The minimum absolute atomic E-state index is 0.201. The van der Waals surface area contributed by atoms with Gasteiger partial charge in [-0.1, -0.05) is 26.7 Å². The lowest BCUT2D eigenvalue weighted by atomic mass is 9.78. The third kappa shape index (κ3) is 4.12. The first kappa shape index (κ1) is 13.5. The Morgan fingerprint density at radius 2 is 2.00 bits per heavy atom. The van der Waals surface area contributed by atoms with Crippen molar-refractivity contribution in [1.82, 2.24) is 10.6 Å². The SMILES string of the molecule is CNCCC(=O)NC1CCCCC1C(C)C. The molecule has 3 heteroatoms. The molecule has 94 valence electrons. The van der Waals surface area contributed by atoms with E-state index < -0.39 is 0 Å². The van der Waals surface area contributed by atoms with Gasteiger partial charge in [-0.25, -0.2) is 0 Å². The Morgan fingerprint density at radius 1 is 1.31 bits per heavy atom. The maximum absolute atomic E-state index is 11.7. The van der Waals surface area contributed by atoms with E-state index >= 15 is 0 Å². The molecule has 0 radical (unpaired) electrons. The molecule has 1 aliphatic carbocycles. The fourth-order valence-electron chi connectivity index (χ4n) is 2.65. The number of rotatable bonds is 5. The molecule has 1 aliphatic rings. The average Bonchev–Trinajstić information content (AvgIpc) is 2.27. The van der Waals surface area contributed by atoms with Gasteiger partial charge in [0.25, 0.3) is 0 Å². The highest BCUT2D eigenvalue weighted by molar-refractivity contribution is 5.76. The third-order valence-corrected chi connectivity index (χ3v) is 3.62. The van der Waals surface area contributed by atoms with Crippen LogP contribution < -0.4 is 10.6 Å². The molecular formula is C13H26N2O. The van der Waals surface area contributed by atoms with Crippen LogP contribution in [-0.4, -0.2) is 25.5 Å². The highest BCUT2D eigenvalue weighted by Crippen LogP contribution is 2.30. The zero-order chi connectivity index (χ0) is 12.0. The average molecular weight is 226 g/mol. The van der Waals surface area contributed by atoms with Crippen LogP contribution in [0, 0.1) is 11.8 Å². The standard InChI is InChI=1S/C13H26N2O/c1-10(2)11-6-4-5-7-12(11)15-13(16)8-9-14-3/h10-12,14H,4-9H2,1-3H3,(H,15,16). The molecule has 0 bridgehead atoms. The normalized spacial score (nSPS) is 25.8. The van der Waals surface area contributed by atoms with E-state index in [-0.39, 0.29) is 5.91 Å². The third-order valence-electron chi connectivity index (χ3n) is 3.62. The summed E-state index contributed by atoms with van der Waals surface area (Å²) < 4.78 is 0. The van der Waals surface area contributed by atoms with Crippen molar-refractivity contribution in [2.45, 2.75) is 52.0 Å². The summed E-state index contributed by atoms with van der Waals surface area (Å²) >= 11 is 0. The summed E-state index contributed by atoms with van der Waals surface area (Å²) in [6.07, 6.45) is 5.62. The van der Waals surface area contributed by atoms with Gasteiger partial charge in [0, 0.05) is 19.0 Å². The Bertz CT molecular complexity index is 216. The molecule has 0 aromatic carbocycles. The zero-order valence-electron chi connectivity index (χ0n) is 10.9. The Morgan fingerprint density at radius 3 is 2.62 bits per heavy atom. The smallest absolute Gasteiger partial charge is 0.221 e. The summed E-state index contributed by atoms with van der Waals surface area (Å²) in [7, 11) is 1.88. The summed E-state index contributed by atoms with van der Waals surface area (Å²) in [6, 6.07) is 0.415. The number of hydrogen-bond acceptors (Lipinski definition) is 2. The molecule has 0 heterocycles. The van der Waals surface area contributed by atoms with Crippen LogP contribution in [0.2, 0.25) is 0 Å². The molecule has 3 nitrogen and oxygen atoms in total. The quantitative estimate of drug-likeness (QED) is 0.752. The minimum Gasteiger partial charge on any atom is -0.353 e. The maximum atomic E-state index is 11.7. The lowest BCUT2D eigenvalue weighted by Crippen LogP contribution is -2.44. The van der Waals surface area contributed by atoms with Gasteiger partial charge >= 0.3 is 0 Å². The molecule has 0 spiro atoms. The maximum Gasteiger partial charge on any atom is 0.221 e. The Hall–Kier alpha value is -0.570. The van der Waals surface area contributed by atoms with E-state index in [0.717, 1.165) is 13.0 Å². The first-order valence-electron chi connectivity index (χ1n) is 6.59. The van der Waals surface area contributed by atoms with Crippen molar-refractivity contribution in [3.63, 3.8) is 0 Å². The number of nitrogens with one attached hydrogen (secondary N) is 2. The molecule has 1 saturated carbocycles. The minimum atomic E-state index is 0.201. The second-order valence-electron chi connectivity index (χ2n) is 5.22. The summed E-state index contributed by atoms with van der Waals surface area (Å²) in [5, 5.41) is 6.22. The lowest BCUT2D eigenvalue weighted by Gasteiger charge is -2.34. The van der Waals surface area contributed by atoms with E-state index in [2.05, 4.69) is 24.5 Å². The van der Waals surface area contributed by atoms with Gasteiger partial charge < -0.3 is 10.6 Å². The van der Waals surface area contributed by atoms with Gasteiger partial charge in [-0.3, -0.25) is 4.79 Å². The van der Waals surface area contributed by atoms with Crippen molar-refractivity contribution >= 4 is 5.91 Å². The van der Waals surface area contributed by atoms with Crippen molar-refractivity contribution < 1.29 is 4.79 Å². The fraction of sp³-hybridized carbons (Fsp3) is 0.923. The van der Waals surface area contributed by atoms with Gasteiger partial charge in [0.1, 0.15) is 0 Å². The number of hydrogen-bond donors (Lipinski definition) is 2. The Labute approximate surface area is 99.4 Å². The topological polar surface area (TPSA) is 41.1 Å². The van der Waals surface area contributed by atoms with Crippen LogP contribution in [0.15, 0.2) is 0 Å². The summed E-state index contributed by atoms with van der Waals surface area (Å²) in [5.74, 6) is 1.55. The van der Waals surface area contributed by atoms with Crippen LogP contribution in [0.4, 0.5) is 0 Å². The van der Waals surface area contributed by atoms with Crippen LogP contribution in [0.5, 0.6) is 0 Å². The molecule has 0 saturated heterocycles. The molecule has 0 aromatic heterocycles. The van der Waals surface area contributed by atoms with E-state index in [9.17, 15) is 4.79 Å². The number of amides is 1. The van der Waals surface area contributed by atoms with Gasteiger partial charge in [0.05, 0.1) is 0 Å². The van der Waals surface area contributed by atoms with Gasteiger partial charge in [-0.15, -0.1) is 0 Å². The van der Waals surface area contributed by atoms with Crippen LogP contribution >= 0.6 is 0 Å². The number of carbonyl (C=O) groups excluding carboxylic acids is 1. The van der Waals surface area contributed by atoms with Gasteiger partial charge in [-0.2, -0.15) is 0 Å². The van der Waals surface area contributed by atoms with E-state index in [1.54, 1.807) is 0 Å². The largest absolute Gasteiger partial charge is 0.353 e. The van der Waals surface area contributed by atoms with Gasteiger partial charge in [-0.05, 0) is 31.7 Å². The Balaban J connectivity index is 2.40. The van der Waals surface area contributed by atoms with Gasteiger partial charge in [0.2, 0.25) is 5.91 Å². The summed E-state index contributed by atoms with van der Waals surface area (Å²) in [4.78, 5) is 11.7. The molecule has 2 atom stereocenters. The van der Waals surface area contributed by atoms with Crippen LogP contribution in [0.3, 0.4) is 0 Å². The van der Waals surface area contributed by atoms with Crippen molar-refractivity contribution in [3.8, 4) is 0 Å². The molecule has 2 unspecified atom stereocenters. The van der Waals surface area contributed by atoms with Crippen LogP contribution in [0.25, 0.3) is 0 Å². The molecule has 0 aliphatic heterocycles. The lowest BCUT2D eigenvalue weighted by molar-refractivity contribution is -0.122. The van der Waals surface area contributed by atoms with E-state index in [4.69, 9.17) is 0 Å². The molecular weight excluding hydrogens is 200 g/mol. The molecule has 2 N–H and O–H groups in total.